The second-order valence-corrected chi connectivity index (χ2v) is 4.22. The van der Waals surface area contributed by atoms with Crippen LogP contribution in [0.15, 0.2) is 30.3 Å². The van der Waals surface area contributed by atoms with E-state index in [-0.39, 0.29) is 18.5 Å². The second-order valence-electron chi connectivity index (χ2n) is 4.22. The van der Waals surface area contributed by atoms with Crippen molar-refractivity contribution in [1.82, 2.24) is 0 Å². The minimum atomic E-state index is -0.557. The number of ether oxygens (including phenoxy) is 2. The van der Waals surface area contributed by atoms with Crippen LogP contribution in [0.3, 0.4) is 0 Å². The van der Waals surface area contributed by atoms with Gasteiger partial charge in [0.2, 0.25) is 0 Å². The van der Waals surface area contributed by atoms with Crippen molar-refractivity contribution in [1.29, 1.82) is 0 Å². The van der Waals surface area contributed by atoms with Crippen LogP contribution in [0.5, 0.6) is 0 Å². The molecule has 1 aromatic carbocycles. The summed E-state index contributed by atoms with van der Waals surface area (Å²) in [5.41, 5.74) is 0.957. The van der Waals surface area contributed by atoms with Crippen molar-refractivity contribution in [2.75, 3.05) is 13.2 Å². The summed E-state index contributed by atoms with van der Waals surface area (Å²) in [6.45, 7) is 0.916. The Morgan fingerprint density at radius 1 is 1.35 bits per heavy atom. The molecule has 4 nitrogen and oxygen atoms in total. The van der Waals surface area contributed by atoms with Crippen molar-refractivity contribution in [3.05, 3.63) is 35.9 Å². The van der Waals surface area contributed by atoms with Gasteiger partial charge < -0.3 is 14.6 Å². The van der Waals surface area contributed by atoms with Crippen LogP contribution in [-0.2, 0) is 20.9 Å². The van der Waals surface area contributed by atoms with Crippen LogP contribution < -0.4 is 0 Å². The topological polar surface area (TPSA) is 55.8 Å². The summed E-state index contributed by atoms with van der Waals surface area (Å²) in [4.78, 5) is 11.7. The lowest BCUT2D eigenvalue weighted by molar-refractivity contribution is -0.158. The van der Waals surface area contributed by atoms with Gasteiger partial charge in [0.15, 0.2) is 0 Å². The molecule has 2 atom stereocenters. The van der Waals surface area contributed by atoms with E-state index in [2.05, 4.69) is 0 Å². The average Bonchev–Trinajstić information content (AvgIpc) is 2.37. The molecule has 92 valence electrons. The fourth-order valence-electron chi connectivity index (χ4n) is 1.82. The molecule has 0 saturated carbocycles. The van der Waals surface area contributed by atoms with Crippen molar-refractivity contribution in [3.63, 3.8) is 0 Å². The summed E-state index contributed by atoms with van der Waals surface area (Å²) in [6.07, 6.45) is -0.133. The van der Waals surface area contributed by atoms with Gasteiger partial charge in [-0.05, 0) is 12.0 Å². The zero-order valence-electron chi connectivity index (χ0n) is 9.54. The third-order valence-corrected chi connectivity index (χ3v) is 2.74. The molecule has 1 heterocycles. The number of benzene rings is 1. The Labute approximate surface area is 100 Å². The fraction of sp³-hybridized carbons (Fsp3) is 0.462. The minimum Gasteiger partial charge on any atom is -0.461 e. The molecule has 0 amide bonds. The largest absolute Gasteiger partial charge is 0.461 e. The molecular weight excluding hydrogens is 220 g/mol. The molecule has 1 aromatic rings. The molecule has 1 N–H and O–H groups in total. The minimum absolute atomic E-state index is 0.270. The van der Waals surface area contributed by atoms with E-state index in [4.69, 9.17) is 9.47 Å². The van der Waals surface area contributed by atoms with E-state index in [0.717, 1.165) is 5.56 Å². The number of rotatable bonds is 3. The standard InChI is InChI=1S/C13H16O4/c14-12-6-11(8-16-9-12)13(15)17-7-10-4-2-1-3-5-10/h1-5,11-12,14H,6-9H2. The van der Waals surface area contributed by atoms with Crippen LogP contribution in [0.2, 0.25) is 0 Å². The molecule has 2 unspecified atom stereocenters. The van der Waals surface area contributed by atoms with Gasteiger partial charge in [-0.1, -0.05) is 30.3 Å². The van der Waals surface area contributed by atoms with Crippen molar-refractivity contribution < 1.29 is 19.4 Å². The number of hydrogen-bond acceptors (Lipinski definition) is 4. The van der Waals surface area contributed by atoms with Gasteiger partial charge >= 0.3 is 5.97 Å². The number of aliphatic hydroxyl groups is 1. The molecule has 17 heavy (non-hydrogen) atoms. The van der Waals surface area contributed by atoms with Gasteiger partial charge in [0, 0.05) is 0 Å². The van der Waals surface area contributed by atoms with E-state index in [9.17, 15) is 9.90 Å². The zero-order valence-corrected chi connectivity index (χ0v) is 9.54. The number of esters is 1. The Morgan fingerprint density at radius 3 is 2.82 bits per heavy atom. The van der Waals surface area contributed by atoms with Gasteiger partial charge in [-0.2, -0.15) is 0 Å². The van der Waals surface area contributed by atoms with Crippen molar-refractivity contribution >= 4 is 5.97 Å². The highest BCUT2D eigenvalue weighted by atomic mass is 16.5. The average molecular weight is 236 g/mol. The quantitative estimate of drug-likeness (QED) is 0.799. The van der Waals surface area contributed by atoms with Crippen molar-refractivity contribution in [3.8, 4) is 0 Å². The number of aliphatic hydroxyl groups excluding tert-OH is 1. The van der Waals surface area contributed by atoms with Gasteiger partial charge in [0.25, 0.3) is 0 Å². The summed E-state index contributed by atoms with van der Waals surface area (Å²) < 4.78 is 10.3. The number of carbonyl (C=O) groups is 1. The molecule has 4 heteroatoms. The first-order valence-electron chi connectivity index (χ1n) is 5.72. The maximum atomic E-state index is 11.7. The first kappa shape index (κ1) is 12.1. The summed E-state index contributed by atoms with van der Waals surface area (Å²) in [5.74, 6) is -0.643. The summed E-state index contributed by atoms with van der Waals surface area (Å²) in [5, 5.41) is 9.38. The van der Waals surface area contributed by atoms with E-state index >= 15 is 0 Å². The third kappa shape index (κ3) is 3.54. The Kier molecular flexibility index (Phi) is 4.12. The van der Waals surface area contributed by atoms with Crippen LogP contribution in [0, 0.1) is 5.92 Å². The monoisotopic (exact) mass is 236 g/mol. The molecule has 0 radical (unpaired) electrons. The molecule has 2 rings (SSSR count). The molecule has 1 aliphatic rings. The van der Waals surface area contributed by atoms with Crippen LogP contribution in [0.25, 0.3) is 0 Å². The fourth-order valence-corrected chi connectivity index (χ4v) is 1.82. The summed E-state index contributed by atoms with van der Waals surface area (Å²) in [7, 11) is 0. The second kappa shape index (κ2) is 5.80. The maximum absolute atomic E-state index is 11.7. The van der Waals surface area contributed by atoms with Crippen LogP contribution in [0.1, 0.15) is 12.0 Å². The molecular formula is C13H16O4. The lowest BCUT2D eigenvalue weighted by atomic mass is 10.0. The zero-order chi connectivity index (χ0) is 12.1. The first-order valence-corrected chi connectivity index (χ1v) is 5.72. The van der Waals surface area contributed by atoms with Crippen LogP contribution in [0.4, 0.5) is 0 Å². The van der Waals surface area contributed by atoms with Crippen LogP contribution in [-0.4, -0.2) is 30.4 Å². The van der Waals surface area contributed by atoms with Crippen LogP contribution >= 0.6 is 0 Å². The van der Waals surface area contributed by atoms with Gasteiger partial charge in [-0.3, -0.25) is 4.79 Å². The molecule has 0 spiro atoms. The van der Waals surface area contributed by atoms with Gasteiger partial charge in [0.05, 0.1) is 25.2 Å². The van der Waals surface area contributed by atoms with E-state index in [1.165, 1.54) is 0 Å². The highest BCUT2D eigenvalue weighted by Gasteiger charge is 2.27. The number of carbonyl (C=O) groups excluding carboxylic acids is 1. The molecule has 0 bridgehead atoms. The van der Waals surface area contributed by atoms with Gasteiger partial charge in [-0.25, -0.2) is 0 Å². The highest BCUT2D eigenvalue weighted by Crippen LogP contribution is 2.16. The third-order valence-electron chi connectivity index (χ3n) is 2.74. The predicted octanol–water partition coefficient (Wildman–Crippen LogP) is 1.13. The smallest absolute Gasteiger partial charge is 0.311 e. The Morgan fingerprint density at radius 2 is 2.12 bits per heavy atom. The van der Waals surface area contributed by atoms with Crippen molar-refractivity contribution in [2.45, 2.75) is 19.1 Å². The van der Waals surface area contributed by atoms with Gasteiger partial charge in [-0.15, -0.1) is 0 Å². The Bertz CT molecular complexity index is 363. The SMILES string of the molecule is O=C(OCc1ccccc1)C1COCC(O)C1. The molecule has 0 aromatic heterocycles. The predicted molar refractivity (Wildman–Crippen MR) is 61.2 cm³/mol. The first-order chi connectivity index (χ1) is 8.25. The molecule has 1 aliphatic heterocycles. The van der Waals surface area contributed by atoms with E-state index in [1.807, 2.05) is 30.3 Å². The number of hydrogen-bond donors (Lipinski definition) is 1. The highest BCUT2D eigenvalue weighted by molar-refractivity contribution is 5.72. The Balaban J connectivity index is 1.81. The molecule has 1 saturated heterocycles. The van der Waals surface area contributed by atoms with E-state index in [0.29, 0.717) is 19.6 Å². The van der Waals surface area contributed by atoms with E-state index < -0.39 is 6.10 Å². The molecule has 1 fully saturated rings. The lowest BCUT2D eigenvalue weighted by Gasteiger charge is -2.24. The lowest BCUT2D eigenvalue weighted by Crippen LogP contribution is -2.34. The summed E-state index contributed by atoms with van der Waals surface area (Å²) in [6, 6.07) is 9.52. The van der Waals surface area contributed by atoms with Crippen molar-refractivity contribution in [2.24, 2.45) is 5.92 Å². The maximum Gasteiger partial charge on any atom is 0.311 e. The van der Waals surface area contributed by atoms with E-state index in [1.54, 1.807) is 0 Å². The Hall–Kier alpha value is -1.39. The molecule has 0 aliphatic carbocycles. The normalized spacial score (nSPS) is 24.3. The van der Waals surface area contributed by atoms with Gasteiger partial charge in [0.1, 0.15) is 6.61 Å². The summed E-state index contributed by atoms with van der Waals surface area (Å²) >= 11 is 0.